The number of ether oxygens (including phenoxy) is 5. The summed E-state index contributed by atoms with van der Waals surface area (Å²) in [4.78, 5) is 0. The van der Waals surface area contributed by atoms with Crippen LogP contribution in [0.4, 0.5) is 0 Å². The highest BCUT2D eigenvalue weighted by Gasteiger charge is 2.50. The molecule has 200 valence electrons. The van der Waals surface area contributed by atoms with Crippen LogP contribution in [-0.4, -0.2) is 152 Å². The Bertz CT molecular complexity index is 628. The summed E-state index contributed by atoms with van der Waals surface area (Å²) in [6.07, 6.45) is -19.7. The summed E-state index contributed by atoms with van der Waals surface area (Å²) in [5.41, 5.74) is 0. The maximum atomic E-state index is 10.6. The van der Waals surface area contributed by atoms with E-state index in [1.54, 1.807) is 0 Å². The van der Waals surface area contributed by atoms with E-state index in [1.807, 2.05) is 0 Å². The lowest BCUT2D eigenvalue weighted by Crippen LogP contribution is -2.63. The molecule has 3 fully saturated rings. The molecule has 9 N–H and O–H groups in total. The van der Waals surface area contributed by atoms with E-state index in [1.165, 1.54) is 23.0 Å². The van der Waals surface area contributed by atoms with E-state index in [2.05, 4.69) is 0 Å². The topological polar surface area (TPSA) is 237 Å². The van der Waals surface area contributed by atoms with Gasteiger partial charge in [0.15, 0.2) is 18.9 Å². The molecular formula is C18H31IO15. The predicted octanol–water partition coefficient (Wildman–Crippen LogP) is -5.17. The molecule has 0 bridgehead atoms. The predicted molar refractivity (Wildman–Crippen MR) is 113 cm³/mol. The van der Waals surface area contributed by atoms with Crippen LogP contribution in [0.1, 0.15) is 6.42 Å². The van der Waals surface area contributed by atoms with Crippen molar-refractivity contribution in [3.8, 4) is 0 Å². The van der Waals surface area contributed by atoms with Crippen molar-refractivity contribution in [3.63, 3.8) is 0 Å². The SMILES string of the molecule is OC[C@H]1O[C@@H](O[C@H]2C[C@@H](O)[C@H](O[C@H]3[C@H](OI)O[C@H](CO)[C@@H](O)[C@@H]3O)O[C@@H]2CO)[C@H](O)[C@@H](O)[C@@H]1O. The van der Waals surface area contributed by atoms with Crippen molar-refractivity contribution in [3.05, 3.63) is 0 Å². The summed E-state index contributed by atoms with van der Waals surface area (Å²) >= 11 is 1.48. The van der Waals surface area contributed by atoms with Gasteiger partial charge < -0.3 is 69.6 Å². The van der Waals surface area contributed by atoms with Gasteiger partial charge in [-0.3, -0.25) is 3.07 Å². The minimum Gasteiger partial charge on any atom is -0.394 e. The zero-order chi connectivity index (χ0) is 25.2. The second-order valence-corrected chi connectivity index (χ2v) is 8.81. The normalized spacial score (nSPS) is 50.3. The molecule has 3 aliphatic heterocycles. The van der Waals surface area contributed by atoms with Crippen LogP contribution >= 0.6 is 23.0 Å². The summed E-state index contributed by atoms with van der Waals surface area (Å²) in [7, 11) is 0. The van der Waals surface area contributed by atoms with Crippen LogP contribution < -0.4 is 0 Å². The second-order valence-electron chi connectivity index (χ2n) is 8.30. The lowest BCUT2D eigenvalue weighted by Gasteiger charge is -2.46. The molecule has 3 saturated heterocycles. The van der Waals surface area contributed by atoms with E-state index in [-0.39, 0.29) is 6.42 Å². The minimum absolute atomic E-state index is 0.216. The lowest BCUT2D eigenvalue weighted by molar-refractivity contribution is -0.362. The van der Waals surface area contributed by atoms with Gasteiger partial charge in [-0.25, -0.2) is 0 Å². The smallest absolute Gasteiger partial charge is 0.198 e. The molecule has 0 radical (unpaired) electrons. The van der Waals surface area contributed by atoms with Crippen LogP contribution in [0.15, 0.2) is 0 Å². The van der Waals surface area contributed by atoms with Gasteiger partial charge in [0.2, 0.25) is 0 Å². The Morgan fingerprint density at radius 3 is 1.71 bits per heavy atom. The molecule has 34 heavy (non-hydrogen) atoms. The average Bonchev–Trinajstić information content (AvgIpc) is 2.83. The van der Waals surface area contributed by atoms with Gasteiger partial charge >= 0.3 is 0 Å². The van der Waals surface area contributed by atoms with E-state index in [0.717, 1.165) is 0 Å². The fourth-order valence-corrected chi connectivity index (χ4v) is 4.47. The Morgan fingerprint density at radius 2 is 1.15 bits per heavy atom. The average molecular weight is 614 g/mol. The molecule has 0 amide bonds. The first-order chi connectivity index (χ1) is 16.2. The summed E-state index contributed by atoms with van der Waals surface area (Å²) in [5.74, 6) is 0. The van der Waals surface area contributed by atoms with Gasteiger partial charge in [0.25, 0.3) is 0 Å². The third-order valence-corrected chi connectivity index (χ3v) is 6.55. The molecule has 3 aliphatic rings. The number of rotatable bonds is 8. The second kappa shape index (κ2) is 12.6. The van der Waals surface area contributed by atoms with Crippen LogP contribution in [0, 0.1) is 0 Å². The first kappa shape index (κ1) is 28.7. The molecular weight excluding hydrogens is 583 g/mol. The number of aliphatic hydroxyl groups is 9. The highest BCUT2D eigenvalue weighted by atomic mass is 127. The molecule has 0 spiro atoms. The number of halogens is 1. The van der Waals surface area contributed by atoms with Crippen LogP contribution in [0.25, 0.3) is 0 Å². The van der Waals surface area contributed by atoms with Gasteiger partial charge in [0, 0.05) is 6.42 Å². The van der Waals surface area contributed by atoms with Gasteiger partial charge in [-0.15, -0.1) is 0 Å². The Labute approximate surface area is 208 Å². The third-order valence-electron chi connectivity index (χ3n) is 6.05. The maximum Gasteiger partial charge on any atom is 0.198 e. The Balaban J connectivity index is 1.66. The quantitative estimate of drug-likeness (QED) is 0.116. The van der Waals surface area contributed by atoms with Crippen molar-refractivity contribution < 1.29 is 72.7 Å². The van der Waals surface area contributed by atoms with E-state index in [9.17, 15) is 46.0 Å². The molecule has 15 nitrogen and oxygen atoms in total. The molecule has 0 aromatic carbocycles. The Hall–Kier alpha value is 0.130. The van der Waals surface area contributed by atoms with Crippen molar-refractivity contribution in [2.75, 3.05) is 19.8 Å². The molecule has 0 aromatic heterocycles. The summed E-state index contributed by atoms with van der Waals surface area (Å²) in [6, 6.07) is 0. The molecule has 3 rings (SSSR count). The molecule has 14 atom stereocenters. The highest BCUT2D eigenvalue weighted by Crippen LogP contribution is 2.32. The van der Waals surface area contributed by atoms with Gasteiger partial charge in [0.05, 0.1) is 25.9 Å². The maximum absolute atomic E-state index is 10.6. The van der Waals surface area contributed by atoms with Crippen molar-refractivity contribution >= 4 is 23.0 Å². The fourth-order valence-electron chi connectivity index (χ4n) is 4.06. The van der Waals surface area contributed by atoms with E-state index >= 15 is 0 Å². The summed E-state index contributed by atoms with van der Waals surface area (Å²) < 4.78 is 32.5. The van der Waals surface area contributed by atoms with E-state index in [4.69, 9.17) is 26.8 Å². The number of hydrogen-bond acceptors (Lipinski definition) is 15. The van der Waals surface area contributed by atoms with E-state index in [0.29, 0.717) is 0 Å². The van der Waals surface area contributed by atoms with Crippen LogP contribution in [-0.2, 0) is 26.8 Å². The number of hydrogen-bond donors (Lipinski definition) is 9. The molecule has 0 saturated carbocycles. The molecule has 0 unspecified atom stereocenters. The molecule has 0 aromatic rings. The molecule has 3 heterocycles. The van der Waals surface area contributed by atoms with Crippen molar-refractivity contribution in [1.29, 1.82) is 0 Å². The summed E-state index contributed by atoms with van der Waals surface area (Å²) in [6.45, 7) is -1.88. The Morgan fingerprint density at radius 1 is 0.618 bits per heavy atom. The van der Waals surface area contributed by atoms with Gasteiger partial charge in [-0.2, -0.15) is 0 Å². The van der Waals surface area contributed by atoms with E-state index < -0.39 is 106 Å². The fraction of sp³-hybridized carbons (Fsp3) is 1.00. The standard InChI is InChI=1S/C18H31IO15/c19-34-18-15(13(27)11(25)9(4-22)32-18)33-16-5(23)1-6(7(2-20)30-16)29-17-14(28)12(26)10(24)8(3-21)31-17/h5-18,20-28H,1-4H2/t5-,6+,7-,8-,9-,10-,11-,12+,13+,14-,15-,16+,17-,18+/m1/s1. The van der Waals surface area contributed by atoms with Crippen LogP contribution in [0.2, 0.25) is 0 Å². The Kier molecular flexibility index (Phi) is 10.6. The highest BCUT2D eigenvalue weighted by molar-refractivity contribution is 14.1. The van der Waals surface area contributed by atoms with Crippen molar-refractivity contribution in [1.82, 2.24) is 0 Å². The largest absolute Gasteiger partial charge is 0.394 e. The monoisotopic (exact) mass is 614 g/mol. The van der Waals surface area contributed by atoms with Gasteiger partial charge in [-0.05, 0) is 0 Å². The molecule has 16 heteroatoms. The zero-order valence-electron chi connectivity index (χ0n) is 17.8. The van der Waals surface area contributed by atoms with Crippen molar-refractivity contribution in [2.45, 2.75) is 92.4 Å². The number of aliphatic hydroxyl groups excluding tert-OH is 9. The van der Waals surface area contributed by atoms with Crippen LogP contribution in [0.5, 0.6) is 0 Å². The molecule has 0 aliphatic carbocycles. The van der Waals surface area contributed by atoms with Crippen LogP contribution in [0.3, 0.4) is 0 Å². The van der Waals surface area contributed by atoms with Crippen molar-refractivity contribution in [2.24, 2.45) is 0 Å². The lowest BCUT2D eigenvalue weighted by atomic mass is 9.97. The minimum atomic E-state index is -1.69. The third kappa shape index (κ3) is 5.98. The zero-order valence-corrected chi connectivity index (χ0v) is 19.9. The van der Waals surface area contributed by atoms with Gasteiger partial charge in [-0.1, -0.05) is 0 Å². The summed E-state index contributed by atoms with van der Waals surface area (Å²) in [5, 5.41) is 89.4. The first-order valence-corrected chi connectivity index (χ1v) is 11.5. The first-order valence-electron chi connectivity index (χ1n) is 10.6. The van der Waals surface area contributed by atoms with Gasteiger partial charge in [0.1, 0.15) is 84.0 Å².